The maximum absolute atomic E-state index is 5.00. The Bertz CT molecular complexity index is 97.2. The van der Waals surface area contributed by atoms with Crippen LogP contribution >= 0.6 is 0 Å². The van der Waals surface area contributed by atoms with Crippen LogP contribution in [0.2, 0.25) is 0 Å². The number of methoxy groups -OCH3 is 1. The summed E-state index contributed by atoms with van der Waals surface area (Å²) in [5, 5.41) is 0. The lowest BCUT2D eigenvalue weighted by Gasteiger charge is -2.24. The van der Waals surface area contributed by atoms with E-state index in [2.05, 4.69) is 0 Å². The summed E-state index contributed by atoms with van der Waals surface area (Å²) in [7, 11) is 1.78. The van der Waals surface area contributed by atoms with Crippen molar-refractivity contribution < 1.29 is 4.74 Å². The molecule has 0 unspecified atom stereocenters. The molecule has 1 aliphatic rings. The van der Waals surface area contributed by atoms with Crippen LogP contribution in [0.5, 0.6) is 0 Å². The van der Waals surface area contributed by atoms with Gasteiger partial charge in [0, 0.05) is 13.7 Å². The van der Waals surface area contributed by atoms with E-state index < -0.39 is 0 Å². The van der Waals surface area contributed by atoms with Crippen molar-refractivity contribution in [3.8, 4) is 0 Å². The predicted molar refractivity (Wildman–Crippen MR) is 52.1 cm³/mol. The minimum atomic E-state index is 0.941. The summed E-state index contributed by atoms with van der Waals surface area (Å²) in [4.78, 5) is 0. The molecule has 1 saturated carbocycles. The molecule has 1 aliphatic carbocycles. The first kappa shape index (κ1) is 10.0. The topological polar surface area (TPSA) is 9.23 Å². The summed E-state index contributed by atoms with van der Waals surface area (Å²) in [5.74, 6) is 1.82. The highest BCUT2D eigenvalue weighted by Crippen LogP contribution is 2.33. The molecule has 0 spiro atoms. The van der Waals surface area contributed by atoms with E-state index in [-0.39, 0.29) is 0 Å². The van der Waals surface area contributed by atoms with Gasteiger partial charge in [-0.25, -0.2) is 0 Å². The van der Waals surface area contributed by atoms with Crippen LogP contribution in [-0.4, -0.2) is 13.7 Å². The lowest BCUT2D eigenvalue weighted by Crippen LogP contribution is -2.07. The van der Waals surface area contributed by atoms with E-state index in [1.54, 1.807) is 7.11 Å². The quantitative estimate of drug-likeness (QED) is 0.531. The first-order valence-electron chi connectivity index (χ1n) is 5.26. The van der Waals surface area contributed by atoms with Crippen LogP contribution in [0, 0.1) is 5.92 Å². The fraction of sp³-hybridized carbons (Fsp3) is 0.909. The van der Waals surface area contributed by atoms with Crippen LogP contribution in [0.4, 0.5) is 0 Å². The summed E-state index contributed by atoms with van der Waals surface area (Å²) < 4.78 is 5.00. The third kappa shape index (κ3) is 4.10. The van der Waals surface area contributed by atoms with Crippen molar-refractivity contribution in [2.75, 3.05) is 13.7 Å². The fourth-order valence-corrected chi connectivity index (χ4v) is 1.65. The average Bonchev–Trinajstić information content (AvgIpc) is 2.00. The van der Waals surface area contributed by atoms with Gasteiger partial charge in [-0.05, 0) is 31.6 Å². The van der Waals surface area contributed by atoms with Gasteiger partial charge in [0.1, 0.15) is 0 Å². The molecule has 0 N–H and O–H groups in total. The van der Waals surface area contributed by atoms with Crippen molar-refractivity contribution in [3.63, 3.8) is 0 Å². The Balaban J connectivity index is 1.70. The van der Waals surface area contributed by atoms with Crippen molar-refractivity contribution in [2.45, 2.75) is 51.4 Å². The molecule has 1 fully saturated rings. The monoisotopic (exact) mass is 169 g/mol. The van der Waals surface area contributed by atoms with Gasteiger partial charge >= 0.3 is 0 Å². The number of hydrogen-bond donors (Lipinski definition) is 0. The number of hydrogen-bond acceptors (Lipinski definition) is 1. The lowest BCUT2D eigenvalue weighted by atomic mass is 9.82. The van der Waals surface area contributed by atoms with Crippen LogP contribution in [0.3, 0.4) is 0 Å². The molecule has 1 heteroatoms. The van der Waals surface area contributed by atoms with Crippen LogP contribution in [0.1, 0.15) is 51.4 Å². The molecule has 0 amide bonds. The first-order valence-corrected chi connectivity index (χ1v) is 5.26. The minimum absolute atomic E-state index is 0.941. The summed E-state index contributed by atoms with van der Waals surface area (Å²) in [6, 6.07) is 0. The Kier molecular flexibility index (Phi) is 5.42. The molecule has 71 valence electrons. The van der Waals surface area contributed by atoms with Crippen molar-refractivity contribution in [1.82, 2.24) is 0 Å². The molecule has 0 atom stereocenters. The zero-order valence-electron chi connectivity index (χ0n) is 8.27. The van der Waals surface area contributed by atoms with Crippen LogP contribution in [0.25, 0.3) is 0 Å². The summed E-state index contributed by atoms with van der Waals surface area (Å²) >= 11 is 0. The smallest absolute Gasteiger partial charge is 0.0462 e. The number of ether oxygens (including phenoxy) is 1. The SMILES string of the molecule is COCCCCCC[C]1CCC1. The molecule has 12 heavy (non-hydrogen) atoms. The van der Waals surface area contributed by atoms with Gasteiger partial charge < -0.3 is 4.74 Å². The van der Waals surface area contributed by atoms with Crippen molar-refractivity contribution >= 4 is 0 Å². The molecule has 0 aliphatic heterocycles. The van der Waals surface area contributed by atoms with E-state index in [1.165, 1.54) is 51.4 Å². The third-order valence-electron chi connectivity index (χ3n) is 2.69. The van der Waals surface area contributed by atoms with Gasteiger partial charge in [-0.15, -0.1) is 0 Å². The molecule has 1 radical (unpaired) electrons. The molecule has 0 aromatic carbocycles. The highest BCUT2D eigenvalue weighted by atomic mass is 16.5. The Labute approximate surface area is 76.5 Å². The maximum Gasteiger partial charge on any atom is 0.0462 e. The van der Waals surface area contributed by atoms with E-state index >= 15 is 0 Å². The highest BCUT2D eigenvalue weighted by molar-refractivity contribution is 4.97. The zero-order valence-corrected chi connectivity index (χ0v) is 8.27. The average molecular weight is 169 g/mol. The van der Waals surface area contributed by atoms with Gasteiger partial charge in [-0.1, -0.05) is 25.7 Å². The van der Waals surface area contributed by atoms with Gasteiger partial charge in [0.25, 0.3) is 0 Å². The largest absolute Gasteiger partial charge is 0.385 e. The standard InChI is InChI=1S/C11H21O/c1-12-10-5-3-2-4-7-11-8-6-9-11/h2-10H2,1H3. The van der Waals surface area contributed by atoms with Crippen LogP contribution in [0.15, 0.2) is 0 Å². The third-order valence-corrected chi connectivity index (χ3v) is 2.69. The van der Waals surface area contributed by atoms with E-state index in [9.17, 15) is 0 Å². The molecule has 0 bridgehead atoms. The van der Waals surface area contributed by atoms with E-state index in [0.717, 1.165) is 6.61 Å². The first-order chi connectivity index (χ1) is 5.93. The van der Waals surface area contributed by atoms with Gasteiger partial charge in [-0.3, -0.25) is 0 Å². The Morgan fingerprint density at radius 2 is 1.83 bits per heavy atom. The van der Waals surface area contributed by atoms with E-state index in [4.69, 9.17) is 4.74 Å². The predicted octanol–water partition coefficient (Wildman–Crippen LogP) is 3.34. The second-order valence-electron chi connectivity index (χ2n) is 3.76. The molecule has 0 aromatic rings. The summed E-state index contributed by atoms with van der Waals surface area (Å²) in [5.41, 5.74) is 0. The molecule has 1 rings (SSSR count). The van der Waals surface area contributed by atoms with Crippen molar-refractivity contribution in [3.05, 3.63) is 5.92 Å². The van der Waals surface area contributed by atoms with E-state index in [1.807, 2.05) is 5.92 Å². The molecule has 0 aromatic heterocycles. The lowest BCUT2D eigenvalue weighted by molar-refractivity contribution is 0.192. The maximum atomic E-state index is 5.00. The van der Waals surface area contributed by atoms with Crippen LogP contribution < -0.4 is 0 Å². The van der Waals surface area contributed by atoms with Gasteiger partial charge in [0.15, 0.2) is 0 Å². The van der Waals surface area contributed by atoms with Crippen LogP contribution in [-0.2, 0) is 4.74 Å². The number of unbranched alkanes of at least 4 members (excludes halogenated alkanes) is 3. The molecule has 0 saturated heterocycles. The van der Waals surface area contributed by atoms with Gasteiger partial charge in [0.2, 0.25) is 0 Å². The van der Waals surface area contributed by atoms with E-state index in [0.29, 0.717) is 0 Å². The second kappa shape index (κ2) is 6.47. The normalized spacial score (nSPS) is 17.8. The van der Waals surface area contributed by atoms with Gasteiger partial charge in [0.05, 0.1) is 0 Å². The molecular weight excluding hydrogens is 148 g/mol. The molecule has 0 heterocycles. The van der Waals surface area contributed by atoms with Crippen molar-refractivity contribution in [1.29, 1.82) is 0 Å². The van der Waals surface area contributed by atoms with Gasteiger partial charge in [-0.2, -0.15) is 0 Å². The Morgan fingerprint density at radius 3 is 2.42 bits per heavy atom. The molecular formula is C11H21O. The second-order valence-corrected chi connectivity index (χ2v) is 3.76. The fourth-order valence-electron chi connectivity index (χ4n) is 1.65. The minimum Gasteiger partial charge on any atom is -0.385 e. The van der Waals surface area contributed by atoms with Crippen molar-refractivity contribution in [2.24, 2.45) is 0 Å². The Hall–Kier alpha value is -0.0400. The molecule has 1 nitrogen and oxygen atoms in total. The Morgan fingerprint density at radius 1 is 1.08 bits per heavy atom. The highest BCUT2D eigenvalue weighted by Gasteiger charge is 2.16. The zero-order chi connectivity index (χ0) is 8.65. The number of rotatable bonds is 7. The summed E-state index contributed by atoms with van der Waals surface area (Å²) in [6.07, 6.45) is 11.1. The summed E-state index contributed by atoms with van der Waals surface area (Å²) in [6.45, 7) is 0.941.